The Kier molecular flexibility index (Phi) is 4.20. The van der Waals surface area contributed by atoms with E-state index in [2.05, 4.69) is 0 Å². The molecule has 0 radical (unpaired) electrons. The van der Waals surface area contributed by atoms with E-state index in [1.54, 1.807) is 26.0 Å². The minimum absolute atomic E-state index is 0. The monoisotopic (exact) mass is 382 g/mol. The van der Waals surface area contributed by atoms with Crippen molar-refractivity contribution >= 4 is 5.78 Å². The van der Waals surface area contributed by atoms with Crippen LogP contribution in [0.4, 0.5) is 0 Å². The Bertz CT molecular complexity index is 755. The molecule has 0 bridgehead atoms. The highest BCUT2D eigenvalue weighted by atomic mass is 16.4. The molecule has 0 aromatic rings. The molecule has 8 atom stereocenters. The van der Waals surface area contributed by atoms with Crippen molar-refractivity contribution in [2.75, 3.05) is 6.61 Å². The van der Waals surface area contributed by atoms with Gasteiger partial charge in [-0.1, -0.05) is 32.9 Å². The highest BCUT2D eigenvalue weighted by Crippen LogP contribution is 2.74. The quantitative estimate of drug-likeness (QED) is 0.371. The summed E-state index contributed by atoms with van der Waals surface area (Å²) in [5, 5.41) is 54.9. The van der Waals surface area contributed by atoms with Gasteiger partial charge in [0.15, 0.2) is 5.78 Å². The summed E-state index contributed by atoms with van der Waals surface area (Å²) in [6.45, 7) is 6.63. The van der Waals surface area contributed by atoms with E-state index in [4.69, 9.17) is 0 Å². The first-order valence-electron chi connectivity index (χ1n) is 9.27. The Morgan fingerprint density at radius 2 is 1.78 bits per heavy atom. The molecule has 4 rings (SSSR count). The van der Waals surface area contributed by atoms with Crippen molar-refractivity contribution in [3.8, 4) is 0 Å². The molecule has 2 saturated carbocycles. The Balaban J connectivity index is 0.00000210. The molecule has 0 unspecified atom stereocenters. The van der Waals surface area contributed by atoms with Crippen LogP contribution in [-0.4, -0.2) is 66.3 Å². The second-order valence-corrected chi connectivity index (χ2v) is 9.41. The van der Waals surface area contributed by atoms with Gasteiger partial charge in [0.2, 0.25) is 0 Å². The van der Waals surface area contributed by atoms with Gasteiger partial charge in [-0.25, -0.2) is 0 Å². The van der Waals surface area contributed by atoms with Gasteiger partial charge >= 0.3 is 0 Å². The van der Waals surface area contributed by atoms with E-state index in [1.807, 2.05) is 13.8 Å². The predicted molar refractivity (Wildman–Crippen MR) is 96.4 cm³/mol. The van der Waals surface area contributed by atoms with Crippen molar-refractivity contribution in [3.63, 3.8) is 0 Å². The summed E-state index contributed by atoms with van der Waals surface area (Å²) < 4.78 is 0. The van der Waals surface area contributed by atoms with E-state index in [0.717, 1.165) is 0 Å². The van der Waals surface area contributed by atoms with Crippen LogP contribution in [0.2, 0.25) is 0 Å². The summed E-state index contributed by atoms with van der Waals surface area (Å²) in [7, 11) is 0. The minimum Gasteiger partial charge on any atom is -0.412 e. The molecule has 0 saturated heterocycles. The Labute approximate surface area is 158 Å². The van der Waals surface area contributed by atoms with E-state index in [1.165, 1.54) is 0 Å². The largest absolute Gasteiger partial charge is 0.412 e. The highest BCUT2D eigenvalue weighted by molar-refractivity contribution is 6.04. The third-order valence-electron chi connectivity index (χ3n) is 8.04. The van der Waals surface area contributed by atoms with Crippen LogP contribution < -0.4 is 0 Å². The number of carbonyl (C=O) groups is 1. The summed E-state index contributed by atoms with van der Waals surface area (Å²) in [6.07, 6.45) is 2.08. The minimum atomic E-state index is -1.84. The maximum Gasteiger partial charge on any atom is 0.190 e. The molecule has 0 aromatic heterocycles. The predicted octanol–water partition coefficient (Wildman–Crippen LogP) is -0.895. The lowest BCUT2D eigenvalue weighted by Gasteiger charge is -2.51. The first-order valence-corrected chi connectivity index (χ1v) is 9.27. The molecule has 7 nitrogen and oxygen atoms in total. The SMILES string of the molecule is CC1=C[C@H]2[C@]3(O)[C@H](C)[C@@H](O)[C@@]4(O)[C@H]([C@@H]3C=C(CO)C[C@@]2(O)C1=O)C4(C)C.O. The first kappa shape index (κ1) is 20.6. The molecule has 0 aliphatic heterocycles. The Morgan fingerprint density at radius 1 is 1.19 bits per heavy atom. The third-order valence-corrected chi connectivity index (χ3v) is 8.04. The van der Waals surface area contributed by atoms with Crippen LogP contribution in [0, 0.1) is 29.1 Å². The van der Waals surface area contributed by atoms with Gasteiger partial charge < -0.3 is 31.0 Å². The Morgan fingerprint density at radius 3 is 2.33 bits per heavy atom. The van der Waals surface area contributed by atoms with E-state index < -0.39 is 57.8 Å². The molecule has 152 valence electrons. The zero-order chi connectivity index (χ0) is 19.4. The van der Waals surface area contributed by atoms with E-state index in [-0.39, 0.29) is 18.5 Å². The molecular weight excluding hydrogens is 352 g/mol. The van der Waals surface area contributed by atoms with Gasteiger partial charge in [0.1, 0.15) is 11.2 Å². The van der Waals surface area contributed by atoms with Crippen molar-refractivity contribution in [1.82, 2.24) is 0 Å². The summed E-state index contributed by atoms with van der Waals surface area (Å²) in [4.78, 5) is 12.7. The zero-order valence-corrected chi connectivity index (χ0v) is 16.1. The number of Topliss-reactive ketones (excluding diaryl/α,β-unsaturated/α-hetero) is 1. The molecule has 7 N–H and O–H groups in total. The van der Waals surface area contributed by atoms with Gasteiger partial charge in [-0.2, -0.15) is 0 Å². The molecule has 27 heavy (non-hydrogen) atoms. The van der Waals surface area contributed by atoms with Gasteiger partial charge in [-0.05, 0) is 18.1 Å². The van der Waals surface area contributed by atoms with E-state index in [0.29, 0.717) is 11.1 Å². The fourth-order valence-corrected chi connectivity index (χ4v) is 6.45. The van der Waals surface area contributed by atoms with Crippen LogP contribution in [0.5, 0.6) is 0 Å². The summed E-state index contributed by atoms with van der Waals surface area (Å²) in [5.41, 5.74) is -4.57. The lowest BCUT2D eigenvalue weighted by molar-refractivity contribution is -0.209. The van der Waals surface area contributed by atoms with Gasteiger partial charge in [0.05, 0.1) is 18.3 Å². The summed E-state index contributed by atoms with van der Waals surface area (Å²) in [6, 6.07) is 0. The van der Waals surface area contributed by atoms with Gasteiger partial charge in [-0.3, -0.25) is 4.79 Å². The van der Waals surface area contributed by atoms with Crippen LogP contribution in [0.3, 0.4) is 0 Å². The lowest BCUT2D eigenvalue weighted by atomic mass is 9.59. The van der Waals surface area contributed by atoms with Crippen LogP contribution in [0.25, 0.3) is 0 Å². The zero-order valence-electron chi connectivity index (χ0n) is 16.1. The maximum absolute atomic E-state index is 12.7. The molecular formula is C20H30O7. The number of fused-ring (bicyclic) bond motifs is 5. The molecule has 4 aliphatic carbocycles. The number of ketones is 1. The topological polar surface area (TPSA) is 150 Å². The third kappa shape index (κ3) is 2.00. The maximum atomic E-state index is 12.7. The molecule has 2 fully saturated rings. The smallest absolute Gasteiger partial charge is 0.190 e. The number of carbonyl (C=O) groups excluding carboxylic acids is 1. The number of hydrogen-bond donors (Lipinski definition) is 5. The average molecular weight is 382 g/mol. The number of hydrogen-bond acceptors (Lipinski definition) is 6. The van der Waals surface area contributed by atoms with Crippen LogP contribution in [0.1, 0.15) is 34.1 Å². The molecule has 0 aromatic carbocycles. The summed E-state index contributed by atoms with van der Waals surface area (Å²) >= 11 is 0. The van der Waals surface area contributed by atoms with Crippen molar-refractivity contribution in [3.05, 3.63) is 23.3 Å². The second kappa shape index (κ2) is 5.49. The summed E-state index contributed by atoms with van der Waals surface area (Å²) in [5.74, 6) is -3.14. The average Bonchev–Trinajstić information content (AvgIpc) is 2.97. The fraction of sp³-hybridized carbons (Fsp3) is 0.750. The molecule has 7 heteroatoms. The number of aliphatic hydroxyl groups excluding tert-OH is 2. The molecule has 0 heterocycles. The number of rotatable bonds is 1. The fourth-order valence-electron chi connectivity index (χ4n) is 6.45. The molecule has 0 amide bonds. The standard InChI is InChI=1S/C20H28O6.H2O/c1-9-5-13-18(24,15(9)22)7-11(8-21)6-12-14-17(3,4)20(14,26)16(23)10(2)19(12,13)25;/h5-6,10,12-14,16,21,23-26H,7-8H2,1-4H3;1H2/t10-,12+,13-,14-,16-,18+,19+,20+;/m1./s1. The van der Waals surface area contributed by atoms with Crippen LogP contribution >= 0.6 is 0 Å². The van der Waals surface area contributed by atoms with Crippen molar-refractivity contribution < 1.29 is 35.8 Å². The Hall–Kier alpha value is -1.09. The number of aliphatic hydroxyl groups is 5. The van der Waals surface area contributed by atoms with Gasteiger partial charge in [0, 0.05) is 35.5 Å². The van der Waals surface area contributed by atoms with Gasteiger partial charge in [0.25, 0.3) is 0 Å². The van der Waals surface area contributed by atoms with Crippen LogP contribution in [-0.2, 0) is 4.79 Å². The van der Waals surface area contributed by atoms with Crippen molar-refractivity contribution in [2.45, 2.75) is 57.0 Å². The van der Waals surface area contributed by atoms with Crippen molar-refractivity contribution in [1.29, 1.82) is 0 Å². The first-order chi connectivity index (χ1) is 11.9. The lowest BCUT2D eigenvalue weighted by Crippen LogP contribution is -2.65. The molecule has 0 spiro atoms. The highest BCUT2D eigenvalue weighted by Gasteiger charge is 2.84. The second-order valence-electron chi connectivity index (χ2n) is 9.41. The molecule has 4 aliphatic rings. The van der Waals surface area contributed by atoms with Gasteiger partial charge in [-0.15, -0.1) is 0 Å². The van der Waals surface area contributed by atoms with E-state index in [9.17, 15) is 30.3 Å². The van der Waals surface area contributed by atoms with E-state index >= 15 is 0 Å². The van der Waals surface area contributed by atoms with Crippen molar-refractivity contribution in [2.24, 2.45) is 29.1 Å². The normalized spacial score (nSPS) is 52.5. The van der Waals surface area contributed by atoms with Crippen LogP contribution in [0.15, 0.2) is 23.3 Å².